The largest absolute Gasteiger partial charge is 0.497 e. The molecule has 1 amide bonds. The molecule has 1 atom stereocenters. The van der Waals surface area contributed by atoms with Crippen molar-refractivity contribution in [3.8, 4) is 5.75 Å². The van der Waals surface area contributed by atoms with E-state index in [0.717, 1.165) is 17.0 Å². The number of hydrogen-bond acceptors (Lipinski definition) is 4. The highest BCUT2D eigenvalue weighted by atomic mass is 16.5. The third-order valence-corrected chi connectivity index (χ3v) is 3.44. The van der Waals surface area contributed by atoms with E-state index >= 15 is 0 Å². The van der Waals surface area contributed by atoms with Gasteiger partial charge in [0.1, 0.15) is 11.4 Å². The third kappa shape index (κ3) is 3.81. The first kappa shape index (κ1) is 15.9. The lowest BCUT2D eigenvalue weighted by molar-refractivity contribution is 0.0920. The van der Waals surface area contributed by atoms with E-state index in [1.54, 1.807) is 13.3 Å². The monoisotopic (exact) mass is 299 g/mol. The van der Waals surface area contributed by atoms with E-state index in [1.807, 2.05) is 31.2 Å². The quantitative estimate of drug-likeness (QED) is 0.922. The van der Waals surface area contributed by atoms with Crippen molar-refractivity contribution in [1.29, 1.82) is 0 Å². The van der Waals surface area contributed by atoms with E-state index in [1.165, 1.54) is 6.20 Å². The van der Waals surface area contributed by atoms with Crippen LogP contribution < -0.4 is 10.1 Å². The third-order valence-electron chi connectivity index (χ3n) is 3.44. The van der Waals surface area contributed by atoms with E-state index in [-0.39, 0.29) is 17.9 Å². The molecule has 0 unspecified atom stereocenters. The van der Waals surface area contributed by atoms with Gasteiger partial charge in [0.05, 0.1) is 25.0 Å². The molecule has 0 radical (unpaired) electrons. The molecule has 0 aliphatic carbocycles. The van der Waals surface area contributed by atoms with Crippen molar-refractivity contribution < 1.29 is 9.53 Å². The Morgan fingerprint density at radius 1 is 1.14 bits per heavy atom. The van der Waals surface area contributed by atoms with Gasteiger partial charge in [-0.3, -0.25) is 9.78 Å². The molecule has 0 bridgehead atoms. The first-order valence-corrected chi connectivity index (χ1v) is 7.24. The van der Waals surface area contributed by atoms with Gasteiger partial charge < -0.3 is 10.1 Å². The van der Waals surface area contributed by atoms with Crippen LogP contribution in [0.3, 0.4) is 0 Å². The summed E-state index contributed by atoms with van der Waals surface area (Å²) in [6.45, 7) is 5.97. The van der Waals surface area contributed by atoms with Crippen molar-refractivity contribution in [1.82, 2.24) is 15.3 Å². The summed E-state index contributed by atoms with van der Waals surface area (Å²) in [6.07, 6.45) is 3.09. The average Bonchev–Trinajstić information content (AvgIpc) is 2.53. The van der Waals surface area contributed by atoms with E-state index in [9.17, 15) is 4.79 Å². The minimum atomic E-state index is -0.220. The van der Waals surface area contributed by atoms with Gasteiger partial charge in [0.15, 0.2) is 0 Å². The van der Waals surface area contributed by atoms with E-state index in [2.05, 4.69) is 29.1 Å². The van der Waals surface area contributed by atoms with Crippen LogP contribution in [0.15, 0.2) is 36.7 Å². The summed E-state index contributed by atoms with van der Waals surface area (Å²) in [5, 5.41) is 3.02. The van der Waals surface area contributed by atoms with Gasteiger partial charge in [0, 0.05) is 6.20 Å². The molecule has 1 aromatic carbocycles. The standard InChI is InChI=1S/C17H21N3O2/c1-11(2)16(13-5-7-14(22-4)8-6-13)20-17(21)15-10-18-12(3)9-19-15/h5-11,16H,1-4H3,(H,20,21)/t16-/m1/s1. The van der Waals surface area contributed by atoms with Crippen molar-refractivity contribution in [3.05, 3.63) is 53.6 Å². The number of ether oxygens (including phenoxy) is 1. The smallest absolute Gasteiger partial charge is 0.271 e. The van der Waals surface area contributed by atoms with E-state index in [0.29, 0.717) is 5.69 Å². The lowest BCUT2D eigenvalue weighted by Gasteiger charge is -2.23. The van der Waals surface area contributed by atoms with Crippen LogP contribution in [0.25, 0.3) is 0 Å². The summed E-state index contributed by atoms with van der Waals surface area (Å²) in [6, 6.07) is 7.61. The number of aromatic nitrogens is 2. The first-order valence-electron chi connectivity index (χ1n) is 7.24. The van der Waals surface area contributed by atoms with Crippen molar-refractivity contribution in [3.63, 3.8) is 0 Å². The Balaban J connectivity index is 2.17. The fourth-order valence-electron chi connectivity index (χ4n) is 2.17. The number of nitrogens with one attached hydrogen (secondary N) is 1. The second-order valence-corrected chi connectivity index (χ2v) is 5.51. The summed E-state index contributed by atoms with van der Waals surface area (Å²) in [4.78, 5) is 20.6. The zero-order valence-corrected chi connectivity index (χ0v) is 13.3. The predicted molar refractivity (Wildman–Crippen MR) is 84.8 cm³/mol. The molecule has 0 aliphatic rings. The molecular weight excluding hydrogens is 278 g/mol. The molecule has 116 valence electrons. The second-order valence-electron chi connectivity index (χ2n) is 5.51. The van der Waals surface area contributed by atoms with Gasteiger partial charge in [-0.1, -0.05) is 26.0 Å². The molecule has 2 rings (SSSR count). The van der Waals surface area contributed by atoms with Gasteiger partial charge in [-0.25, -0.2) is 4.98 Å². The predicted octanol–water partition coefficient (Wildman–Crippen LogP) is 2.92. The van der Waals surface area contributed by atoms with Gasteiger partial charge in [-0.05, 0) is 30.5 Å². The number of rotatable bonds is 5. The summed E-state index contributed by atoms with van der Waals surface area (Å²) in [7, 11) is 1.63. The number of carbonyl (C=O) groups is 1. The summed E-state index contributed by atoms with van der Waals surface area (Å²) in [5.41, 5.74) is 2.14. The van der Waals surface area contributed by atoms with Crippen molar-refractivity contribution in [2.24, 2.45) is 5.92 Å². The minimum Gasteiger partial charge on any atom is -0.497 e. The van der Waals surface area contributed by atoms with Crippen LogP contribution in [0.1, 0.15) is 41.6 Å². The molecule has 0 saturated heterocycles. The number of nitrogens with zero attached hydrogens (tertiary/aromatic N) is 2. The van der Waals surface area contributed by atoms with E-state index < -0.39 is 0 Å². The normalized spacial score (nSPS) is 12.0. The molecule has 0 aliphatic heterocycles. The molecule has 2 aromatic rings. The lowest BCUT2D eigenvalue weighted by Crippen LogP contribution is -2.32. The zero-order valence-electron chi connectivity index (χ0n) is 13.3. The maximum absolute atomic E-state index is 12.3. The van der Waals surface area contributed by atoms with Crippen molar-refractivity contribution in [2.75, 3.05) is 7.11 Å². The van der Waals surface area contributed by atoms with Crippen LogP contribution in [0.4, 0.5) is 0 Å². The van der Waals surface area contributed by atoms with Crippen molar-refractivity contribution >= 4 is 5.91 Å². The van der Waals surface area contributed by atoms with Gasteiger partial charge in [-0.15, -0.1) is 0 Å². The van der Waals surface area contributed by atoms with Gasteiger partial charge in [-0.2, -0.15) is 0 Å². The lowest BCUT2D eigenvalue weighted by atomic mass is 9.96. The maximum atomic E-state index is 12.3. The highest BCUT2D eigenvalue weighted by Gasteiger charge is 2.20. The highest BCUT2D eigenvalue weighted by molar-refractivity contribution is 5.92. The Morgan fingerprint density at radius 2 is 1.82 bits per heavy atom. The topological polar surface area (TPSA) is 64.1 Å². The molecule has 5 heteroatoms. The molecule has 0 fully saturated rings. The van der Waals surface area contributed by atoms with Gasteiger partial charge in [0.25, 0.3) is 5.91 Å². The zero-order chi connectivity index (χ0) is 16.1. The highest BCUT2D eigenvalue weighted by Crippen LogP contribution is 2.24. The fraction of sp³-hybridized carbons (Fsp3) is 0.353. The molecule has 5 nitrogen and oxygen atoms in total. The van der Waals surface area contributed by atoms with Crippen LogP contribution in [-0.4, -0.2) is 23.0 Å². The fourth-order valence-corrected chi connectivity index (χ4v) is 2.17. The maximum Gasteiger partial charge on any atom is 0.271 e. The Labute approximate surface area is 130 Å². The SMILES string of the molecule is COc1ccc([C@H](NC(=O)c2cnc(C)cn2)C(C)C)cc1. The Morgan fingerprint density at radius 3 is 2.32 bits per heavy atom. The minimum absolute atomic E-state index is 0.0958. The number of benzene rings is 1. The average molecular weight is 299 g/mol. The summed E-state index contributed by atoms with van der Waals surface area (Å²) >= 11 is 0. The van der Waals surface area contributed by atoms with Crippen LogP contribution in [0.5, 0.6) is 5.75 Å². The van der Waals surface area contributed by atoms with E-state index in [4.69, 9.17) is 4.74 Å². The molecule has 0 spiro atoms. The Kier molecular flexibility index (Phi) is 5.09. The summed E-state index contributed by atoms with van der Waals surface area (Å²) < 4.78 is 5.17. The molecule has 22 heavy (non-hydrogen) atoms. The molecule has 1 heterocycles. The molecule has 1 aromatic heterocycles. The Bertz CT molecular complexity index is 621. The second kappa shape index (κ2) is 7.02. The first-order chi connectivity index (χ1) is 10.5. The van der Waals surface area contributed by atoms with Crippen LogP contribution in [0.2, 0.25) is 0 Å². The Hall–Kier alpha value is -2.43. The number of amides is 1. The number of methoxy groups -OCH3 is 1. The molecule has 0 saturated carbocycles. The number of hydrogen-bond donors (Lipinski definition) is 1. The van der Waals surface area contributed by atoms with Crippen molar-refractivity contribution in [2.45, 2.75) is 26.8 Å². The van der Waals surface area contributed by atoms with Crippen LogP contribution in [0, 0.1) is 12.8 Å². The van der Waals surface area contributed by atoms with Crippen LogP contribution in [-0.2, 0) is 0 Å². The summed E-state index contributed by atoms with van der Waals surface area (Å²) in [5.74, 6) is 0.819. The van der Waals surface area contributed by atoms with Crippen LogP contribution >= 0.6 is 0 Å². The molecule has 1 N–H and O–H groups in total. The van der Waals surface area contributed by atoms with Gasteiger partial charge in [0.2, 0.25) is 0 Å². The number of aryl methyl sites for hydroxylation is 1. The van der Waals surface area contributed by atoms with Gasteiger partial charge >= 0.3 is 0 Å². The number of carbonyl (C=O) groups excluding carboxylic acids is 1. The molecular formula is C17H21N3O2.